The van der Waals surface area contributed by atoms with Crippen LogP contribution in [0.2, 0.25) is 0 Å². The molecule has 3 rings (SSSR count). The highest BCUT2D eigenvalue weighted by Gasteiger charge is 2.25. The second-order valence-corrected chi connectivity index (χ2v) is 6.10. The molecule has 0 fully saturated rings. The summed E-state index contributed by atoms with van der Waals surface area (Å²) in [5.41, 5.74) is 2.15. The van der Waals surface area contributed by atoms with E-state index in [1.165, 1.54) is 0 Å². The molecule has 0 atom stereocenters. The number of para-hydroxylation sites is 2. The number of rotatable bonds is 7. The molecular formula is C21H21N3O5. The summed E-state index contributed by atoms with van der Waals surface area (Å²) in [7, 11) is 0. The first-order valence-electron chi connectivity index (χ1n) is 9.10. The molecule has 150 valence electrons. The Labute approximate surface area is 167 Å². The topological polar surface area (TPSA) is 106 Å². The highest BCUT2D eigenvalue weighted by molar-refractivity contribution is 5.97. The molecule has 8 heteroatoms. The molecule has 0 saturated heterocycles. The number of urea groups is 1. The average Bonchev–Trinajstić information content (AvgIpc) is 2.73. The minimum atomic E-state index is -0.590. The van der Waals surface area contributed by atoms with Gasteiger partial charge in [0.1, 0.15) is 6.61 Å². The Kier molecular flexibility index (Phi) is 6.47. The van der Waals surface area contributed by atoms with Crippen LogP contribution in [0.5, 0.6) is 0 Å². The van der Waals surface area contributed by atoms with Crippen molar-refractivity contribution in [3.63, 3.8) is 0 Å². The Morgan fingerprint density at radius 3 is 2.48 bits per heavy atom. The highest BCUT2D eigenvalue weighted by atomic mass is 16.5. The van der Waals surface area contributed by atoms with Gasteiger partial charge < -0.3 is 25.4 Å². The van der Waals surface area contributed by atoms with E-state index < -0.39 is 18.0 Å². The van der Waals surface area contributed by atoms with Crippen molar-refractivity contribution in [1.82, 2.24) is 10.6 Å². The molecule has 0 unspecified atom stereocenters. The predicted molar refractivity (Wildman–Crippen MR) is 107 cm³/mol. The van der Waals surface area contributed by atoms with E-state index in [4.69, 9.17) is 9.47 Å². The molecular weight excluding hydrogens is 374 g/mol. The highest BCUT2D eigenvalue weighted by Crippen LogP contribution is 2.22. The Morgan fingerprint density at radius 1 is 1.00 bits per heavy atom. The lowest BCUT2D eigenvalue weighted by Crippen LogP contribution is -2.45. The largest absolute Gasteiger partial charge is 0.463 e. The molecule has 0 radical (unpaired) electrons. The first kappa shape index (κ1) is 19.9. The maximum Gasteiger partial charge on any atom is 0.340 e. The van der Waals surface area contributed by atoms with Crippen molar-refractivity contribution in [1.29, 1.82) is 0 Å². The minimum Gasteiger partial charge on any atom is -0.463 e. The van der Waals surface area contributed by atoms with Crippen LogP contribution in [0, 0.1) is 0 Å². The SMILES string of the molecule is CCOC(=O)C1=C(COC(=O)c2ccccc2Nc2ccccc2)NC(=O)NC1. The number of amides is 2. The Balaban J connectivity index is 1.75. The molecule has 1 aliphatic rings. The predicted octanol–water partition coefficient (Wildman–Crippen LogP) is 2.72. The molecule has 3 N–H and O–H groups in total. The summed E-state index contributed by atoms with van der Waals surface area (Å²) < 4.78 is 10.4. The first-order valence-corrected chi connectivity index (χ1v) is 9.10. The average molecular weight is 395 g/mol. The van der Waals surface area contributed by atoms with Crippen molar-refractivity contribution in [2.75, 3.05) is 25.1 Å². The lowest BCUT2D eigenvalue weighted by molar-refractivity contribution is -0.138. The van der Waals surface area contributed by atoms with Gasteiger partial charge in [-0.3, -0.25) is 0 Å². The standard InChI is InChI=1S/C21H21N3O5/c1-2-28-20(26)16-12-22-21(27)24-18(16)13-29-19(25)15-10-6-7-11-17(15)23-14-8-4-3-5-9-14/h3-11,23H,2,12-13H2,1H3,(H2,22,24,27). The number of carbonyl (C=O) groups is 3. The molecule has 0 saturated carbocycles. The van der Waals surface area contributed by atoms with Gasteiger partial charge in [0.15, 0.2) is 0 Å². The van der Waals surface area contributed by atoms with Crippen LogP contribution in [0.1, 0.15) is 17.3 Å². The van der Waals surface area contributed by atoms with Crippen molar-refractivity contribution in [2.45, 2.75) is 6.92 Å². The number of ether oxygens (including phenoxy) is 2. The van der Waals surface area contributed by atoms with Crippen LogP contribution in [0.15, 0.2) is 65.9 Å². The summed E-state index contributed by atoms with van der Waals surface area (Å²) in [4.78, 5) is 36.3. The summed E-state index contributed by atoms with van der Waals surface area (Å²) in [5.74, 6) is -1.16. The third kappa shape index (κ3) is 5.13. The van der Waals surface area contributed by atoms with E-state index in [0.717, 1.165) is 5.69 Å². The van der Waals surface area contributed by atoms with Gasteiger partial charge in [-0.1, -0.05) is 30.3 Å². The van der Waals surface area contributed by atoms with Gasteiger partial charge in [-0.15, -0.1) is 0 Å². The fraction of sp³-hybridized carbons (Fsp3) is 0.190. The molecule has 0 aliphatic carbocycles. The van der Waals surface area contributed by atoms with E-state index in [0.29, 0.717) is 11.3 Å². The van der Waals surface area contributed by atoms with Gasteiger partial charge >= 0.3 is 18.0 Å². The van der Waals surface area contributed by atoms with Crippen molar-refractivity contribution >= 4 is 29.3 Å². The Hall–Kier alpha value is -3.81. The number of nitrogens with one attached hydrogen (secondary N) is 3. The van der Waals surface area contributed by atoms with Crippen LogP contribution >= 0.6 is 0 Å². The summed E-state index contributed by atoms with van der Waals surface area (Å²) >= 11 is 0. The Bertz CT molecular complexity index is 940. The molecule has 2 aromatic rings. The van der Waals surface area contributed by atoms with Crippen molar-refractivity contribution in [2.24, 2.45) is 0 Å². The minimum absolute atomic E-state index is 0.00367. The number of benzene rings is 2. The molecule has 1 aliphatic heterocycles. The zero-order chi connectivity index (χ0) is 20.6. The maximum atomic E-state index is 12.7. The first-order chi connectivity index (χ1) is 14.1. The summed E-state index contributed by atoms with van der Waals surface area (Å²) in [5, 5.41) is 8.18. The molecule has 0 spiro atoms. The van der Waals surface area contributed by atoms with Crippen LogP contribution < -0.4 is 16.0 Å². The number of hydrogen-bond acceptors (Lipinski definition) is 6. The lowest BCUT2D eigenvalue weighted by Gasteiger charge is -2.21. The fourth-order valence-corrected chi connectivity index (χ4v) is 2.73. The van der Waals surface area contributed by atoms with Crippen LogP contribution in [0.4, 0.5) is 16.2 Å². The van der Waals surface area contributed by atoms with Crippen molar-refractivity contribution in [3.8, 4) is 0 Å². The number of hydrogen-bond donors (Lipinski definition) is 3. The normalized spacial score (nSPS) is 13.2. The second-order valence-electron chi connectivity index (χ2n) is 6.10. The van der Waals surface area contributed by atoms with E-state index in [-0.39, 0.29) is 31.0 Å². The van der Waals surface area contributed by atoms with E-state index >= 15 is 0 Å². The van der Waals surface area contributed by atoms with Crippen molar-refractivity contribution < 1.29 is 23.9 Å². The second kappa shape index (κ2) is 9.41. The quantitative estimate of drug-likeness (QED) is 0.623. The molecule has 2 amide bonds. The van der Waals surface area contributed by atoms with Crippen LogP contribution in [-0.4, -0.2) is 37.7 Å². The number of carbonyl (C=O) groups excluding carboxylic acids is 3. The van der Waals surface area contributed by atoms with Crippen LogP contribution in [-0.2, 0) is 14.3 Å². The van der Waals surface area contributed by atoms with Crippen molar-refractivity contribution in [3.05, 3.63) is 71.4 Å². The van der Waals surface area contributed by atoms with Crippen LogP contribution in [0.25, 0.3) is 0 Å². The Morgan fingerprint density at radius 2 is 1.72 bits per heavy atom. The molecule has 0 bridgehead atoms. The van der Waals surface area contributed by atoms with Gasteiger partial charge in [-0.2, -0.15) is 0 Å². The third-order valence-corrected chi connectivity index (χ3v) is 4.12. The van der Waals surface area contributed by atoms with Gasteiger partial charge in [-0.25, -0.2) is 14.4 Å². The molecule has 8 nitrogen and oxygen atoms in total. The van der Waals surface area contributed by atoms with Gasteiger partial charge in [0.05, 0.1) is 35.7 Å². The van der Waals surface area contributed by atoms with E-state index in [1.54, 1.807) is 31.2 Å². The number of anilines is 2. The molecule has 29 heavy (non-hydrogen) atoms. The lowest BCUT2D eigenvalue weighted by atomic mass is 10.1. The molecule has 1 heterocycles. The van der Waals surface area contributed by atoms with Gasteiger partial charge in [0, 0.05) is 5.69 Å². The van der Waals surface area contributed by atoms with Gasteiger partial charge in [-0.05, 0) is 31.2 Å². The van der Waals surface area contributed by atoms with E-state index in [9.17, 15) is 14.4 Å². The molecule has 2 aromatic carbocycles. The summed E-state index contributed by atoms with van der Waals surface area (Å²) in [6, 6.07) is 15.9. The van der Waals surface area contributed by atoms with Gasteiger partial charge in [0.25, 0.3) is 0 Å². The van der Waals surface area contributed by atoms with E-state index in [1.807, 2.05) is 30.3 Å². The van der Waals surface area contributed by atoms with Gasteiger partial charge in [0.2, 0.25) is 0 Å². The number of esters is 2. The molecule has 0 aromatic heterocycles. The maximum absolute atomic E-state index is 12.7. The summed E-state index contributed by atoms with van der Waals surface area (Å²) in [6.07, 6.45) is 0. The zero-order valence-corrected chi connectivity index (χ0v) is 15.9. The summed E-state index contributed by atoms with van der Waals surface area (Å²) in [6.45, 7) is 1.62. The van der Waals surface area contributed by atoms with Crippen LogP contribution in [0.3, 0.4) is 0 Å². The van der Waals surface area contributed by atoms with E-state index in [2.05, 4.69) is 16.0 Å². The zero-order valence-electron chi connectivity index (χ0n) is 15.9. The fourth-order valence-electron chi connectivity index (χ4n) is 2.73. The monoisotopic (exact) mass is 395 g/mol. The smallest absolute Gasteiger partial charge is 0.340 e. The third-order valence-electron chi connectivity index (χ3n) is 4.12.